The van der Waals surface area contributed by atoms with Gasteiger partial charge < -0.3 is 27.8 Å². The summed E-state index contributed by atoms with van der Waals surface area (Å²) < 4.78 is 36.4. The van der Waals surface area contributed by atoms with E-state index in [-0.39, 0.29) is 42.4 Å². The Balaban J connectivity index is 1.96. The Bertz CT molecular complexity index is 787. The number of carbonyl (C=O) groups is 1. The number of rotatable bonds is 10. The molecule has 0 bridgehead atoms. The first kappa shape index (κ1) is 28.0. The van der Waals surface area contributed by atoms with Crippen LogP contribution in [0.4, 0.5) is 0 Å². The van der Waals surface area contributed by atoms with Crippen LogP contribution in [-0.4, -0.2) is 73.1 Å². The van der Waals surface area contributed by atoms with Crippen molar-refractivity contribution >= 4 is 22.6 Å². The van der Waals surface area contributed by atoms with Gasteiger partial charge in [0.15, 0.2) is 22.2 Å². The van der Waals surface area contributed by atoms with Crippen molar-refractivity contribution in [3.05, 3.63) is 11.1 Å². The Morgan fingerprint density at radius 1 is 1.06 bits per heavy atom. The fourth-order valence-electron chi connectivity index (χ4n) is 5.97. The van der Waals surface area contributed by atoms with Gasteiger partial charge in [0, 0.05) is 18.9 Å². The zero-order valence-corrected chi connectivity index (χ0v) is 24.9. The fourth-order valence-corrected chi connectivity index (χ4v) is 8.74. The molecule has 6 atom stereocenters. The third-order valence-electron chi connectivity index (χ3n) is 7.38. The SMILES string of the molecule is COCCOCO[C@]1(C)C(=O)O[C@H]2C3=C(C)[C@@H](O[Si](C)(C)C)C[C@H]3[C@](C)(O[Si](C)(C)C)CC[C@H]21. The Morgan fingerprint density at radius 3 is 2.32 bits per heavy atom. The molecule has 196 valence electrons. The van der Waals surface area contributed by atoms with Gasteiger partial charge in [-0.15, -0.1) is 0 Å². The Labute approximate surface area is 208 Å². The molecule has 0 spiro atoms. The molecule has 0 aromatic heterocycles. The van der Waals surface area contributed by atoms with E-state index < -0.39 is 22.2 Å². The van der Waals surface area contributed by atoms with E-state index >= 15 is 0 Å². The average Bonchev–Trinajstić information content (AvgIpc) is 3.08. The van der Waals surface area contributed by atoms with E-state index in [0.29, 0.717) is 13.2 Å². The average molecular weight is 515 g/mol. The molecule has 9 heteroatoms. The highest BCUT2D eigenvalue weighted by Gasteiger charge is 2.62. The van der Waals surface area contributed by atoms with Crippen LogP contribution in [0, 0.1) is 11.8 Å². The molecule has 1 saturated carbocycles. The van der Waals surface area contributed by atoms with Crippen LogP contribution in [0.25, 0.3) is 0 Å². The lowest BCUT2D eigenvalue weighted by atomic mass is 9.81. The number of fused-ring (bicyclic) bond motifs is 3. The lowest BCUT2D eigenvalue weighted by molar-refractivity contribution is -0.179. The van der Waals surface area contributed by atoms with Gasteiger partial charge in [-0.05, 0) is 90.5 Å². The molecule has 0 amide bonds. The molecule has 0 radical (unpaired) electrons. The van der Waals surface area contributed by atoms with Crippen LogP contribution in [-0.2, 0) is 32.6 Å². The summed E-state index contributed by atoms with van der Waals surface area (Å²) in [5, 5.41) is 0. The van der Waals surface area contributed by atoms with E-state index in [2.05, 4.69) is 53.1 Å². The smallest absolute Gasteiger partial charge is 0.339 e. The van der Waals surface area contributed by atoms with Crippen LogP contribution in [0.15, 0.2) is 11.1 Å². The molecule has 1 saturated heterocycles. The van der Waals surface area contributed by atoms with Crippen LogP contribution in [0.1, 0.15) is 40.0 Å². The second kappa shape index (κ2) is 10.1. The highest BCUT2D eigenvalue weighted by Crippen LogP contribution is 2.55. The van der Waals surface area contributed by atoms with Gasteiger partial charge >= 0.3 is 5.97 Å². The first-order chi connectivity index (χ1) is 15.6. The van der Waals surface area contributed by atoms with Crippen LogP contribution in [0.3, 0.4) is 0 Å². The van der Waals surface area contributed by atoms with Gasteiger partial charge in [-0.3, -0.25) is 0 Å². The molecule has 0 N–H and O–H groups in total. The van der Waals surface area contributed by atoms with Gasteiger partial charge in [-0.25, -0.2) is 4.79 Å². The standard InChI is InChI=1S/C25H46O7Si2/c1-17-20(31-33(5,6)7)15-19-21(17)22-18(11-12-24(19,2)32-34(8,9)10)25(3,23(26)30-22)29-16-28-14-13-27-4/h18-20,22H,11-16H2,1-10H3/t18-,19-,20+,22-,24-,25+/m1/s1. The van der Waals surface area contributed by atoms with E-state index in [1.165, 1.54) is 11.1 Å². The van der Waals surface area contributed by atoms with E-state index in [1.807, 2.05) is 6.92 Å². The number of hydrogen-bond acceptors (Lipinski definition) is 7. The van der Waals surface area contributed by atoms with Crippen molar-refractivity contribution in [2.24, 2.45) is 11.8 Å². The van der Waals surface area contributed by atoms with Gasteiger partial charge in [0.2, 0.25) is 0 Å². The second-order valence-corrected chi connectivity index (χ2v) is 21.3. The zero-order chi connectivity index (χ0) is 25.5. The highest BCUT2D eigenvalue weighted by atomic mass is 28.4. The molecule has 0 aromatic carbocycles. The molecule has 0 aromatic rings. The quantitative estimate of drug-likeness (QED) is 0.135. The largest absolute Gasteiger partial charge is 0.455 e. The topological polar surface area (TPSA) is 72.5 Å². The van der Waals surface area contributed by atoms with E-state index in [9.17, 15) is 4.79 Å². The normalized spacial score (nSPS) is 36.4. The van der Waals surface area contributed by atoms with Crippen molar-refractivity contribution in [2.75, 3.05) is 27.1 Å². The van der Waals surface area contributed by atoms with E-state index in [4.69, 9.17) is 27.8 Å². The number of methoxy groups -OCH3 is 1. The van der Waals surface area contributed by atoms with Crippen molar-refractivity contribution in [2.45, 2.75) is 103 Å². The monoisotopic (exact) mass is 514 g/mol. The predicted molar refractivity (Wildman–Crippen MR) is 137 cm³/mol. The number of esters is 1. The van der Waals surface area contributed by atoms with Crippen molar-refractivity contribution in [3.8, 4) is 0 Å². The summed E-state index contributed by atoms with van der Waals surface area (Å²) in [4.78, 5) is 13.2. The van der Waals surface area contributed by atoms with E-state index in [0.717, 1.165) is 19.3 Å². The molecular weight excluding hydrogens is 468 g/mol. The highest BCUT2D eigenvalue weighted by molar-refractivity contribution is 6.70. The Kier molecular flexibility index (Phi) is 8.30. The summed E-state index contributed by atoms with van der Waals surface area (Å²) in [6.07, 6.45) is 2.24. The molecule has 3 rings (SSSR count). The molecule has 3 aliphatic rings. The minimum Gasteiger partial charge on any atom is -0.455 e. The summed E-state index contributed by atoms with van der Waals surface area (Å²) in [6.45, 7) is 20.6. The van der Waals surface area contributed by atoms with Crippen LogP contribution in [0.5, 0.6) is 0 Å². The lowest BCUT2D eigenvalue weighted by Gasteiger charge is -2.41. The van der Waals surface area contributed by atoms with E-state index in [1.54, 1.807) is 7.11 Å². The number of ether oxygens (including phenoxy) is 4. The van der Waals surface area contributed by atoms with Gasteiger partial charge in [0.05, 0.1) is 24.9 Å². The fraction of sp³-hybridized carbons (Fsp3) is 0.880. The Hall–Kier alpha value is -0.556. The molecular formula is C25H46O7Si2. The number of carbonyl (C=O) groups excluding carboxylic acids is 1. The van der Waals surface area contributed by atoms with Crippen molar-refractivity contribution in [1.82, 2.24) is 0 Å². The lowest BCUT2D eigenvalue weighted by Crippen LogP contribution is -2.46. The summed E-state index contributed by atoms with van der Waals surface area (Å²) in [6, 6.07) is 0. The summed E-state index contributed by atoms with van der Waals surface area (Å²) in [5.41, 5.74) is 1.03. The zero-order valence-electron chi connectivity index (χ0n) is 22.9. The Morgan fingerprint density at radius 2 is 1.74 bits per heavy atom. The first-order valence-electron chi connectivity index (χ1n) is 12.6. The van der Waals surface area contributed by atoms with Crippen LogP contribution >= 0.6 is 0 Å². The van der Waals surface area contributed by atoms with Crippen molar-refractivity contribution < 1.29 is 32.6 Å². The first-order valence-corrected chi connectivity index (χ1v) is 19.4. The number of hydrogen-bond donors (Lipinski definition) is 0. The molecule has 2 aliphatic carbocycles. The van der Waals surface area contributed by atoms with Crippen LogP contribution in [0.2, 0.25) is 39.3 Å². The second-order valence-electron chi connectivity index (χ2n) is 12.4. The van der Waals surface area contributed by atoms with Crippen molar-refractivity contribution in [1.29, 1.82) is 0 Å². The molecule has 2 fully saturated rings. The molecule has 7 nitrogen and oxygen atoms in total. The minimum absolute atomic E-state index is 0.0314. The van der Waals surface area contributed by atoms with Crippen LogP contribution < -0.4 is 0 Å². The molecule has 1 aliphatic heterocycles. The third kappa shape index (κ3) is 5.87. The maximum absolute atomic E-state index is 13.2. The molecule has 1 heterocycles. The third-order valence-corrected chi connectivity index (χ3v) is 9.45. The maximum atomic E-state index is 13.2. The minimum atomic E-state index is -1.83. The summed E-state index contributed by atoms with van der Waals surface area (Å²) in [7, 11) is -1.97. The predicted octanol–water partition coefficient (Wildman–Crippen LogP) is 4.88. The maximum Gasteiger partial charge on any atom is 0.339 e. The van der Waals surface area contributed by atoms with Gasteiger partial charge in [0.1, 0.15) is 12.9 Å². The summed E-state index contributed by atoms with van der Waals surface area (Å²) in [5.74, 6) is -0.249. The van der Waals surface area contributed by atoms with Gasteiger partial charge in [0.25, 0.3) is 0 Å². The van der Waals surface area contributed by atoms with Crippen molar-refractivity contribution in [3.63, 3.8) is 0 Å². The molecule has 34 heavy (non-hydrogen) atoms. The molecule has 0 unspecified atom stereocenters. The van der Waals surface area contributed by atoms with Gasteiger partial charge in [-0.2, -0.15) is 0 Å². The van der Waals surface area contributed by atoms with Gasteiger partial charge in [-0.1, -0.05) is 0 Å². The summed E-state index contributed by atoms with van der Waals surface area (Å²) >= 11 is 0.